The normalized spacial score (nSPS) is 12.5. The molecule has 2 aliphatic rings. The molecule has 0 bridgehead atoms. The Hall–Kier alpha value is -0.664. The van der Waals surface area contributed by atoms with E-state index in [2.05, 4.69) is 45.7 Å². The maximum absolute atomic E-state index is 7.50. The smallest absolute Gasteiger partial charge is 0.214 e. The van der Waals surface area contributed by atoms with E-state index in [0.29, 0.717) is 0 Å². The predicted octanol–water partition coefficient (Wildman–Crippen LogP) is 8.70. The summed E-state index contributed by atoms with van der Waals surface area (Å²) in [5, 5.41) is 0. The van der Waals surface area contributed by atoms with Crippen molar-refractivity contribution in [2.24, 2.45) is 0 Å². The van der Waals surface area contributed by atoms with Gasteiger partial charge in [0, 0.05) is 42.1 Å². The first-order chi connectivity index (χ1) is 18.3. The van der Waals surface area contributed by atoms with Crippen LogP contribution in [0, 0.1) is 33.5 Å². The van der Waals surface area contributed by atoms with Gasteiger partial charge >= 0.3 is 62.3 Å². The largest absolute Gasteiger partial charge is 1.00 e. The van der Waals surface area contributed by atoms with Gasteiger partial charge in [0.1, 0.15) is 0 Å². The molecule has 0 atom stereocenters. The van der Waals surface area contributed by atoms with E-state index < -0.39 is 0 Å². The molecular formula is C32H40MnMo2O4P-2. The first-order valence-electron chi connectivity index (χ1n) is 12.4. The van der Waals surface area contributed by atoms with Gasteiger partial charge in [-0.2, -0.15) is 54.1 Å². The summed E-state index contributed by atoms with van der Waals surface area (Å²) >= 11 is 0. The molecule has 0 radical (unpaired) electrons. The predicted molar refractivity (Wildman–Crippen MR) is 149 cm³/mol. The van der Waals surface area contributed by atoms with Crippen LogP contribution in [0.5, 0.6) is 0 Å². The van der Waals surface area contributed by atoms with Crippen molar-refractivity contribution in [2.45, 2.75) is 82.4 Å². The van der Waals surface area contributed by atoms with Gasteiger partial charge < -0.3 is 0 Å². The second-order valence-corrected chi connectivity index (χ2v) is 10.2. The van der Waals surface area contributed by atoms with Crippen LogP contribution in [0.1, 0.15) is 69.8 Å². The fraction of sp³-hybridized carbons (Fsp3) is 0.406. The molecule has 5 rings (SSSR count). The van der Waals surface area contributed by atoms with E-state index >= 15 is 0 Å². The molecule has 218 valence electrons. The molecule has 0 N–H and O–H groups in total. The van der Waals surface area contributed by atoms with Crippen LogP contribution in [0.3, 0.4) is 0 Å². The van der Waals surface area contributed by atoms with Gasteiger partial charge in [0.15, 0.2) is 0 Å². The van der Waals surface area contributed by atoms with Crippen molar-refractivity contribution in [3.63, 3.8) is 0 Å². The van der Waals surface area contributed by atoms with Crippen molar-refractivity contribution in [2.75, 3.05) is 0 Å². The maximum atomic E-state index is 7.50. The second-order valence-electron chi connectivity index (χ2n) is 8.22. The minimum atomic E-state index is 0. The molecule has 0 aromatic heterocycles. The molecule has 0 heterocycles. The summed E-state index contributed by atoms with van der Waals surface area (Å²) in [4.78, 5) is 0. The maximum Gasteiger partial charge on any atom is 1.00 e. The first-order valence-corrected chi connectivity index (χ1v) is 13.6. The minimum Gasteiger partial charge on any atom is -0.214 e. The van der Waals surface area contributed by atoms with Crippen LogP contribution in [0.25, 0.3) is 0 Å². The standard InChI is InChI=1S/C12H23P.C6H7.2C5H5.4CO.Mn.2Mo/c1-3-7-11(8-4-1)13-12-9-5-2-6-10-12;1-6-4-2-3-5-6;2*1-2-4-5-3-1;4*1-2;;;/h11-13H,1-10H2;2-5H,1H3;2*1-5H;;;;;;;/q;3*-1;;;;;+1;;. The van der Waals surface area contributed by atoms with E-state index in [1.54, 1.807) is 25.7 Å². The Morgan fingerprint density at radius 3 is 1.07 bits per heavy atom. The van der Waals surface area contributed by atoms with Crippen molar-refractivity contribution in [1.29, 1.82) is 0 Å². The molecule has 3 aromatic carbocycles. The molecule has 2 aliphatic carbocycles. The van der Waals surface area contributed by atoms with Crippen LogP contribution in [0.2, 0.25) is 0 Å². The zero-order chi connectivity index (χ0) is 28.4. The van der Waals surface area contributed by atoms with E-state index in [1.807, 2.05) is 72.8 Å². The van der Waals surface area contributed by atoms with Gasteiger partial charge in [0.05, 0.1) is 0 Å². The van der Waals surface area contributed by atoms with Gasteiger partial charge in [-0.1, -0.05) is 45.4 Å². The third-order valence-electron chi connectivity index (χ3n) is 5.62. The minimum absolute atomic E-state index is 0. The second kappa shape index (κ2) is 48.1. The fourth-order valence-corrected chi connectivity index (χ4v) is 6.13. The Bertz CT molecular complexity index is 717. The molecule has 0 spiro atoms. The first kappa shape index (κ1) is 52.0. The monoisotopic (exact) mass is 770 g/mol. The van der Waals surface area contributed by atoms with E-state index in [-0.39, 0.29) is 59.2 Å². The van der Waals surface area contributed by atoms with Crippen LogP contribution in [-0.2, 0) is 77.8 Å². The summed E-state index contributed by atoms with van der Waals surface area (Å²) in [5.74, 6) is 0. The summed E-state index contributed by atoms with van der Waals surface area (Å²) in [6, 6.07) is 28.2. The topological polar surface area (TPSA) is 79.6 Å². The number of rotatable bonds is 2. The average Bonchev–Trinajstić information content (AvgIpc) is 3.82. The zero-order valence-electron chi connectivity index (χ0n) is 23.1. The van der Waals surface area contributed by atoms with E-state index in [9.17, 15) is 0 Å². The van der Waals surface area contributed by atoms with Gasteiger partial charge in [-0.05, 0) is 37.0 Å². The van der Waals surface area contributed by atoms with Gasteiger partial charge in [0.25, 0.3) is 0 Å². The summed E-state index contributed by atoms with van der Waals surface area (Å²) in [6.07, 6.45) is 15.4. The van der Waals surface area contributed by atoms with Crippen LogP contribution in [-0.4, -0.2) is 11.3 Å². The number of hydrogen-bond donors (Lipinski definition) is 0. The Labute approximate surface area is 284 Å². The van der Waals surface area contributed by atoms with Crippen molar-refractivity contribution < 1.29 is 77.8 Å². The SMILES string of the molecule is C1CCC(PC2CCCCC2)CC1.Cc1ccc[cH-]1.[C-]#[O+].[C-]#[O+].[C-]#[O+].[C-]#[O+].[Mn+].[Mo].[Mo].c1cc[cH-]c1.c1cc[cH-]c1. The third-order valence-corrected chi connectivity index (χ3v) is 7.72. The van der Waals surface area contributed by atoms with Gasteiger partial charge in [0.2, 0.25) is 0 Å². The van der Waals surface area contributed by atoms with Crippen molar-refractivity contribution in [3.05, 3.63) is 117 Å². The quantitative estimate of drug-likeness (QED) is 0.108. The Morgan fingerprint density at radius 2 is 0.900 bits per heavy atom. The number of hydrogen-bond acceptors (Lipinski definition) is 0. The molecule has 4 nitrogen and oxygen atoms in total. The molecule has 8 heteroatoms. The van der Waals surface area contributed by atoms with Gasteiger partial charge in [-0.25, -0.2) is 36.4 Å². The Balaban J connectivity index is -0.0000000923. The molecule has 0 saturated heterocycles. The fourth-order valence-electron chi connectivity index (χ4n) is 3.98. The summed E-state index contributed by atoms with van der Waals surface area (Å²) in [7, 11) is 1.33. The molecule has 0 unspecified atom stereocenters. The summed E-state index contributed by atoms with van der Waals surface area (Å²) in [5.41, 5.74) is 3.64. The molecular weight excluding hydrogens is 726 g/mol. The molecule has 2 saturated carbocycles. The van der Waals surface area contributed by atoms with Crippen molar-refractivity contribution >= 4 is 8.58 Å². The van der Waals surface area contributed by atoms with Crippen LogP contribution in [0.15, 0.2) is 84.9 Å². The van der Waals surface area contributed by atoms with E-state index in [4.69, 9.17) is 18.6 Å². The third kappa shape index (κ3) is 37.3. The molecule has 0 aliphatic heterocycles. The molecule has 0 amide bonds. The molecule has 2 fully saturated rings. The van der Waals surface area contributed by atoms with Gasteiger partial charge in [-0.15, -0.1) is 8.58 Å². The average molecular weight is 766 g/mol. The number of aryl methyl sites for hydroxylation is 1. The van der Waals surface area contributed by atoms with Crippen molar-refractivity contribution in [3.8, 4) is 0 Å². The summed E-state index contributed by atoms with van der Waals surface area (Å²) < 4.78 is 30.0. The Morgan fingerprint density at radius 1 is 0.575 bits per heavy atom. The van der Waals surface area contributed by atoms with Crippen molar-refractivity contribution in [1.82, 2.24) is 0 Å². The van der Waals surface area contributed by atoms with Crippen LogP contribution in [0.4, 0.5) is 0 Å². The van der Waals surface area contributed by atoms with Gasteiger partial charge in [-0.3, -0.25) is 0 Å². The zero-order valence-corrected chi connectivity index (χ0v) is 29.3. The van der Waals surface area contributed by atoms with E-state index in [1.165, 1.54) is 52.7 Å². The Kier molecular flexibility index (Phi) is 62.5. The van der Waals surface area contributed by atoms with Crippen LogP contribution < -0.4 is 0 Å². The molecule has 40 heavy (non-hydrogen) atoms. The molecule has 3 aromatic rings. The van der Waals surface area contributed by atoms with Crippen LogP contribution >= 0.6 is 8.58 Å². The summed E-state index contributed by atoms with van der Waals surface area (Å²) in [6.45, 7) is 20.1. The van der Waals surface area contributed by atoms with E-state index in [0.717, 1.165) is 11.3 Å².